The van der Waals surface area contributed by atoms with E-state index in [1.807, 2.05) is 0 Å². The van der Waals surface area contributed by atoms with Crippen LogP contribution in [0.25, 0.3) is 44.2 Å². The maximum Gasteiger partial charge on any atom is 0.0754 e. The monoisotopic (exact) mass is 776 g/mol. The summed E-state index contributed by atoms with van der Waals surface area (Å²) in [6, 6.07) is 89.0. The first kappa shape index (κ1) is 35.0. The zero-order chi connectivity index (χ0) is 40.3. The van der Waals surface area contributed by atoms with Crippen LogP contribution in [-0.2, 0) is 5.41 Å². The Bertz CT molecular complexity index is 3190. The van der Waals surface area contributed by atoms with Gasteiger partial charge >= 0.3 is 0 Å². The molecule has 2 heteroatoms. The highest BCUT2D eigenvalue weighted by atomic mass is 15.2. The van der Waals surface area contributed by atoms with Crippen LogP contribution >= 0.6 is 0 Å². The maximum atomic E-state index is 2.44. The van der Waals surface area contributed by atoms with Gasteiger partial charge in [-0.2, -0.15) is 0 Å². The third kappa shape index (κ3) is 5.43. The van der Waals surface area contributed by atoms with E-state index in [9.17, 15) is 0 Å². The minimum atomic E-state index is -0.509. The number of rotatable bonds is 6. The average Bonchev–Trinajstić information content (AvgIpc) is 3.62. The summed E-state index contributed by atoms with van der Waals surface area (Å²) < 4.78 is 0. The van der Waals surface area contributed by atoms with Crippen molar-refractivity contribution in [2.45, 2.75) is 5.41 Å². The fourth-order valence-electron chi connectivity index (χ4n) is 10.2. The summed E-state index contributed by atoms with van der Waals surface area (Å²) in [5.74, 6) is 0. The SMILES string of the molecule is c1ccc(-c2ccc(N(c3ccc(-c4cccc5ccccc45)cc3)c3ccc4c(c3)-c3ccccc3C43c4ccccc4N(c4ccccc4)c4ccccc43)cc2)cc1. The summed E-state index contributed by atoms with van der Waals surface area (Å²) in [6.07, 6.45) is 0. The van der Waals surface area contributed by atoms with Gasteiger partial charge in [0.25, 0.3) is 0 Å². The van der Waals surface area contributed by atoms with Gasteiger partial charge in [-0.25, -0.2) is 0 Å². The molecule has 12 rings (SSSR count). The Morgan fingerprint density at radius 3 is 1.51 bits per heavy atom. The lowest BCUT2D eigenvalue weighted by Gasteiger charge is -2.45. The minimum absolute atomic E-state index is 0.509. The van der Waals surface area contributed by atoms with E-state index in [0.717, 1.165) is 22.7 Å². The summed E-state index contributed by atoms with van der Waals surface area (Å²) in [6.45, 7) is 0. The van der Waals surface area contributed by atoms with Crippen molar-refractivity contribution in [3.05, 3.63) is 265 Å². The van der Waals surface area contributed by atoms with Crippen molar-refractivity contribution in [1.29, 1.82) is 0 Å². The Morgan fingerprint density at radius 2 is 0.803 bits per heavy atom. The molecule has 0 aromatic heterocycles. The Hall–Kier alpha value is -7.94. The van der Waals surface area contributed by atoms with Crippen molar-refractivity contribution >= 4 is 44.9 Å². The molecule has 0 fully saturated rings. The molecule has 1 spiro atoms. The predicted octanol–water partition coefficient (Wildman–Crippen LogP) is 15.8. The number of para-hydroxylation sites is 3. The van der Waals surface area contributed by atoms with E-state index >= 15 is 0 Å². The second kappa shape index (κ2) is 14.1. The topological polar surface area (TPSA) is 6.48 Å². The maximum absolute atomic E-state index is 2.44. The van der Waals surface area contributed by atoms with Gasteiger partial charge in [0.15, 0.2) is 0 Å². The van der Waals surface area contributed by atoms with Gasteiger partial charge in [-0.3, -0.25) is 0 Å². The highest BCUT2D eigenvalue weighted by Gasteiger charge is 2.51. The molecule has 286 valence electrons. The van der Waals surface area contributed by atoms with Gasteiger partial charge in [0.2, 0.25) is 0 Å². The first-order valence-corrected chi connectivity index (χ1v) is 21.1. The van der Waals surface area contributed by atoms with Crippen LogP contribution in [0, 0.1) is 0 Å². The zero-order valence-corrected chi connectivity index (χ0v) is 33.5. The van der Waals surface area contributed by atoms with Crippen LogP contribution in [0.1, 0.15) is 22.3 Å². The fraction of sp³-hybridized carbons (Fsp3) is 0.0169. The van der Waals surface area contributed by atoms with Gasteiger partial charge in [-0.15, -0.1) is 0 Å². The van der Waals surface area contributed by atoms with Gasteiger partial charge in [-0.1, -0.05) is 182 Å². The molecule has 2 nitrogen and oxygen atoms in total. The lowest BCUT2D eigenvalue weighted by atomic mass is 9.64. The van der Waals surface area contributed by atoms with E-state index in [1.54, 1.807) is 0 Å². The van der Waals surface area contributed by atoms with Crippen molar-refractivity contribution in [3.8, 4) is 33.4 Å². The molecule has 0 unspecified atom stereocenters. The van der Waals surface area contributed by atoms with Gasteiger partial charge in [0.1, 0.15) is 0 Å². The number of hydrogen-bond donors (Lipinski definition) is 0. The number of fused-ring (bicyclic) bond motifs is 10. The molecule has 0 N–H and O–H groups in total. The Morgan fingerprint density at radius 1 is 0.311 bits per heavy atom. The smallest absolute Gasteiger partial charge is 0.0754 e. The van der Waals surface area contributed by atoms with Crippen LogP contribution in [0.15, 0.2) is 243 Å². The van der Waals surface area contributed by atoms with Crippen LogP contribution in [0.4, 0.5) is 34.1 Å². The third-order valence-electron chi connectivity index (χ3n) is 12.9. The summed E-state index contributed by atoms with van der Waals surface area (Å²) in [5.41, 5.74) is 18.9. The van der Waals surface area contributed by atoms with E-state index in [-0.39, 0.29) is 0 Å². The quantitative estimate of drug-likeness (QED) is 0.166. The third-order valence-corrected chi connectivity index (χ3v) is 12.9. The Labute approximate surface area is 356 Å². The van der Waals surface area contributed by atoms with Crippen molar-refractivity contribution in [3.63, 3.8) is 0 Å². The minimum Gasteiger partial charge on any atom is -0.310 e. The molecule has 0 saturated heterocycles. The second-order valence-electron chi connectivity index (χ2n) is 16.1. The lowest BCUT2D eigenvalue weighted by molar-refractivity contribution is 0.752. The van der Waals surface area contributed by atoms with E-state index in [1.165, 1.54) is 77.8 Å². The van der Waals surface area contributed by atoms with Crippen LogP contribution < -0.4 is 9.80 Å². The van der Waals surface area contributed by atoms with E-state index < -0.39 is 5.41 Å². The molecular weight excluding hydrogens is 737 g/mol. The van der Waals surface area contributed by atoms with Crippen molar-refractivity contribution in [2.24, 2.45) is 0 Å². The molecule has 0 atom stereocenters. The van der Waals surface area contributed by atoms with E-state index in [4.69, 9.17) is 0 Å². The second-order valence-corrected chi connectivity index (χ2v) is 16.1. The zero-order valence-electron chi connectivity index (χ0n) is 33.5. The number of anilines is 6. The van der Waals surface area contributed by atoms with Crippen molar-refractivity contribution in [2.75, 3.05) is 9.80 Å². The lowest BCUT2D eigenvalue weighted by Crippen LogP contribution is -2.36. The highest BCUT2D eigenvalue weighted by Crippen LogP contribution is 2.63. The van der Waals surface area contributed by atoms with Crippen LogP contribution in [0.3, 0.4) is 0 Å². The average molecular weight is 777 g/mol. The van der Waals surface area contributed by atoms with Crippen molar-refractivity contribution in [1.82, 2.24) is 0 Å². The van der Waals surface area contributed by atoms with Crippen LogP contribution in [0.5, 0.6) is 0 Å². The normalized spacial score (nSPS) is 13.0. The molecule has 10 aromatic carbocycles. The molecular formula is C59H40N2. The summed E-state index contributed by atoms with van der Waals surface area (Å²) >= 11 is 0. The largest absolute Gasteiger partial charge is 0.310 e. The number of benzene rings is 10. The van der Waals surface area contributed by atoms with Gasteiger partial charge < -0.3 is 9.80 Å². The Kier molecular flexibility index (Phi) is 8.11. The number of hydrogen-bond acceptors (Lipinski definition) is 2. The molecule has 1 aliphatic heterocycles. The number of nitrogens with zero attached hydrogens (tertiary/aromatic N) is 2. The molecule has 0 bridgehead atoms. The van der Waals surface area contributed by atoms with Crippen LogP contribution in [0.2, 0.25) is 0 Å². The van der Waals surface area contributed by atoms with Gasteiger partial charge in [0, 0.05) is 22.7 Å². The highest BCUT2D eigenvalue weighted by molar-refractivity contribution is 5.99. The first-order chi connectivity index (χ1) is 30.3. The summed E-state index contributed by atoms with van der Waals surface area (Å²) in [5, 5.41) is 2.51. The Balaban J connectivity index is 1.05. The van der Waals surface area contributed by atoms with Crippen molar-refractivity contribution < 1.29 is 0 Å². The molecule has 61 heavy (non-hydrogen) atoms. The predicted molar refractivity (Wildman–Crippen MR) is 255 cm³/mol. The van der Waals surface area contributed by atoms with E-state index in [2.05, 4.69) is 252 Å². The summed E-state index contributed by atoms with van der Waals surface area (Å²) in [4.78, 5) is 4.85. The van der Waals surface area contributed by atoms with Gasteiger partial charge in [-0.05, 0) is 127 Å². The molecule has 10 aromatic rings. The molecule has 0 amide bonds. The van der Waals surface area contributed by atoms with Crippen LogP contribution in [-0.4, -0.2) is 0 Å². The molecule has 2 aliphatic rings. The van der Waals surface area contributed by atoms with E-state index in [0.29, 0.717) is 0 Å². The molecule has 0 saturated carbocycles. The molecule has 1 heterocycles. The standard InChI is InChI=1S/C59H40N2/c1-3-16-41(17-4-1)42-30-34-46(35-31-42)60(47-36-32-44(33-37-47)50-24-15-19-43-18-7-8-22-49(43)50)48-38-39-54-52(40-48)51-23-9-10-25-53(51)59(54)55-26-11-13-28-57(55)61(45-20-5-2-6-21-45)58-29-14-12-27-56(58)59/h1-40H. The van der Waals surface area contributed by atoms with Gasteiger partial charge in [0.05, 0.1) is 16.8 Å². The molecule has 1 aliphatic carbocycles. The first-order valence-electron chi connectivity index (χ1n) is 21.1. The summed E-state index contributed by atoms with van der Waals surface area (Å²) in [7, 11) is 0. The fourth-order valence-corrected chi connectivity index (χ4v) is 10.2. The molecule has 0 radical (unpaired) electrons.